The van der Waals surface area contributed by atoms with Crippen molar-refractivity contribution in [1.29, 1.82) is 0 Å². The van der Waals surface area contributed by atoms with Crippen molar-refractivity contribution in [2.24, 2.45) is 0 Å². The maximum Gasteiger partial charge on any atom is 0.191 e. The quantitative estimate of drug-likeness (QED) is 0.679. The second-order valence-electron chi connectivity index (χ2n) is 1.96. The van der Waals surface area contributed by atoms with E-state index in [4.69, 9.17) is 12.2 Å². The Morgan fingerprint density at radius 2 is 2.45 bits per heavy atom. The van der Waals surface area contributed by atoms with Crippen LogP contribution in [0.4, 0.5) is 0 Å². The summed E-state index contributed by atoms with van der Waals surface area (Å²) in [6.07, 6.45) is 1.78. The molecule has 0 atom stereocenters. The van der Waals surface area contributed by atoms with Crippen molar-refractivity contribution in [3.05, 3.63) is 24.0 Å². The van der Waals surface area contributed by atoms with Crippen LogP contribution in [-0.2, 0) is 4.79 Å². The summed E-state index contributed by atoms with van der Waals surface area (Å²) in [5.74, 6) is 0. The monoisotopic (exact) mass is 185 g/mol. The molecule has 0 unspecified atom stereocenters. The van der Waals surface area contributed by atoms with Gasteiger partial charge in [0.2, 0.25) is 0 Å². The van der Waals surface area contributed by atoms with Gasteiger partial charge in [-0.15, -0.1) is 0 Å². The molecule has 0 aliphatic rings. The van der Waals surface area contributed by atoms with Crippen LogP contribution in [-0.4, -0.2) is 14.3 Å². The molecule has 1 aromatic rings. The van der Waals surface area contributed by atoms with E-state index in [1.807, 2.05) is 12.1 Å². The number of hydrogen-bond donors (Lipinski definition) is 1. The highest BCUT2D eigenvalue weighted by atomic mass is 32.2. The van der Waals surface area contributed by atoms with Crippen molar-refractivity contribution in [2.45, 2.75) is 6.92 Å². The van der Waals surface area contributed by atoms with Gasteiger partial charge in [-0.05, 0) is 23.9 Å². The molecule has 11 heavy (non-hydrogen) atoms. The molecular formula is C7H7NOS2. The molecule has 1 rings (SSSR count). The molecule has 0 radical (unpaired) electrons. The highest BCUT2D eigenvalue weighted by Gasteiger charge is 2.04. The van der Waals surface area contributed by atoms with Gasteiger partial charge in [0.15, 0.2) is 5.12 Å². The molecular weight excluding hydrogens is 178 g/mol. The van der Waals surface area contributed by atoms with Crippen LogP contribution in [0.5, 0.6) is 0 Å². The predicted octanol–water partition coefficient (Wildman–Crippen LogP) is 1.97. The van der Waals surface area contributed by atoms with Gasteiger partial charge in [0, 0.05) is 13.1 Å². The van der Waals surface area contributed by atoms with Crippen LogP contribution in [0.3, 0.4) is 0 Å². The number of aromatic nitrogens is 1. The van der Waals surface area contributed by atoms with E-state index in [2.05, 4.69) is 4.98 Å². The Bertz CT molecular complexity index is 266. The highest BCUT2D eigenvalue weighted by Crippen LogP contribution is 2.12. The van der Waals surface area contributed by atoms with E-state index in [0.717, 1.165) is 17.5 Å². The molecule has 1 N–H and O–H groups in total. The Balaban J connectivity index is 2.64. The fourth-order valence-electron chi connectivity index (χ4n) is 0.643. The van der Waals surface area contributed by atoms with E-state index in [1.54, 1.807) is 6.20 Å². The van der Waals surface area contributed by atoms with Crippen molar-refractivity contribution in [3.63, 3.8) is 0 Å². The van der Waals surface area contributed by atoms with Gasteiger partial charge in [-0.2, -0.15) is 0 Å². The van der Waals surface area contributed by atoms with Crippen LogP contribution in [0.25, 0.3) is 0 Å². The summed E-state index contributed by atoms with van der Waals surface area (Å²) in [6, 6.07) is 3.70. The number of thiocarbonyl (C=S) groups is 1. The molecule has 0 bridgehead atoms. The number of carbonyl (C=O) groups is 1. The zero-order chi connectivity index (χ0) is 8.27. The van der Waals surface area contributed by atoms with Gasteiger partial charge in [0.25, 0.3) is 0 Å². The summed E-state index contributed by atoms with van der Waals surface area (Å²) in [5.41, 5.74) is 0.834. The Hall–Kier alpha value is -0.610. The molecule has 0 amide bonds. The zero-order valence-corrected chi connectivity index (χ0v) is 7.59. The number of hydrogen-bond acceptors (Lipinski definition) is 3. The van der Waals surface area contributed by atoms with Gasteiger partial charge < -0.3 is 4.98 Å². The summed E-state index contributed by atoms with van der Waals surface area (Å²) in [6.45, 7) is 1.50. The minimum atomic E-state index is 0.0181. The number of H-pyrrole nitrogens is 1. The third kappa shape index (κ3) is 2.48. The fraction of sp³-hybridized carbons (Fsp3) is 0.143. The van der Waals surface area contributed by atoms with Gasteiger partial charge in [0.1, 0.15) is 4.20 Å². The Morgan fingerprint density at radius 1 is 1.73 bits per heavy atom. The van der Waals surface area contributed by atoms with E-state index in [9.17, 15) is 4.79 Å². The average Bonchev–Trinajstić information content (AvgIpc) is 2.35. The first-order valence-corrected chi connectivity index (χ1v) is 4.29. The van der Waals surface area contributed by atoms with E-state index in [1.165, 1.54) is 6.92 Å². The smallest absolute Gasteiger partial charge is 0.191 e. The first-order chi connectivity index (χ1) is 5.20. The Labute approximate surface area is 74.4 Å². The lowest BCUT2D eigenvalue weighted by atomic mass is 10.5. The van der Waals surface area contributed by atoms with Crippen LogP contribution in [0.15, 0.2) is 18.3 Å². The Morgan fingerprint density at radius 3 is 2.91 bits per heavy atom. The lowest BCUT2D eigenvalue weighted by Crippen LogP contribution is -1.94. The first-order valence-electron chi connectivity index (χ1n) is 3.06. The number of aromatic amines is 1. The number of nitrogens with one attached hydrogen (secondary N) is 1. The molecule has 0 saturated carbocycles. The predicted molar refractivity (Wildman–Crippen MR) is 50.8 cm³/mol. The average molecular weight is 185 g/mol. The zero-order valence-electron chi connectivity index (χ0n) is 5.96. The SMILES string of the molecule is CC(=O)SC(=S)c1ccc[nH]1. The molecule has 0 spiro atoms. The fourth-order valence-corrected chi connectivity index (χ4v) is 1.62. The maximum atomic E-state index is 10.6. The summed E-state index contributed by atoms with van der Waals surface area (Å²) in [7, 11) is 0. The van der Waals surface area contributed by atoms with Gasteiger partial charge >= 0.3 is 0 Å². The summed E-state index contributed by atoms with van der Waals surface area (Å²) in [4.78, 5) is 13.5. The minimum absolute atomic E-state index is 0.0181. The van der Waals surface area contributed by atoms with Crippen LogP contribution in [0.1, 0.15) is 12.6 Å². The van der Waals surface area contributed by atoms with Crippen molar-refractivity contribution >= 4 is 33.3 Å². The van der Waals surface area contributed by atoms with Gasteiger partial charge in [0.05, 0.1) is 5.69 Å². The van der Waals surface area contributed by atoms with Crippen LogP contribution in [0.2, 0.25) is 0 Å². The molecule has 0 aliphatic heterocycles. The normalized spacial score (nSPS) is 9.55. The van der Waals surface area contributed by atoms with Crippen LogP contribution < -0.4 is 0 Å². The second kappa shape index (κ2) is 3.69. The van der Waals surface area contributed by atoms with E-state index >= 15 is 0 Å². The van der Waals surface area contributed by atoms with Gasteiger partial charge in [-0.3, -0.25) is 4.79 Å². The van der Waals surface area contributed by atoms with Crippen molar-refractivity contribution in [2.75, 3.05) is 0 Å². The van der Waals surface area contributed by atoms with Crippen molar-refractivity contribution in [1.82, 2.24) is 4.98 Å². The molecule has 0 saturated heterocycles. The maximum absolute atomic E-state index is 10.6. The Kier molecular flexibility index (Phi) is 2.84. The molecule has 0 fully saturated rings. The molecule has 1 heterocycles. The van der Waals surface area contributed by atoms with Crippen LogP contribution >= 0.6 is 24.0 Å². The van der Waals surface area contributed by atoms with Gasteiger partial charge in [-0.1, -0.05) is 12.2 Å². The standard InChI is InChI=1S/C7H7NOS2/c1-5(9)11-7(10)6-3-2-4-8-6/h2-4,8H,1H3. The summed E-state index contributed by atoms with van der Waals surface area (Å²) in [5, 5.41) is 0.0181. The van der Waals surface area contributed by atoms with Crippen molar-refractivity contribution < 1.29 is 4.79 Å². The molecule has 0 aliphatic carbocycles. The topological polar surface area (TPSA) is 32.9 Å². The molecule has 2 nitrogen and oxygen atoms in total. The molecule has 58 valence electrons. The largest absolute Gasteiger partial charge is 0.360 e. The van der Waals surface area contributed by atoms with Crippen LogP contribution in [0, 0.1) is 0 Å². The lowest BCUT2D eigenvalue weighted by Gasteiger charge is -1.94. The molecule has 4 heteroatoms. The second-order valence-corrected chi connectivity index (χ2v) is 3.82. The van der Waals surface area contributed by atoms with E-state index < -0.39 is 0 Å². The van der Waals surface area contributed by atoms with Crippen molar-refractivity contribution in [3.8, 4) is 0 Å². The third-order valence-corrected chi connectivity index (χ3v) is 2.22. The molecule has 1 aromatic heterocycles. The highest BCUT2D eigenvalue weighted by molar-refractivity contribution is 8.33. The van der Waals surface area contributed by atoms with Gasteiger partial charge in [-0.25, -0.2) is 0 Å². The molecule has 0 aromatic carbocycles. The third-order valence-electron chi connectivity index (χ3n) is 1.05. The summed E-state index contributed by atoms with van der Waals surface area (Å²) >= 11 is 6.03. The van der Waals surface area contributed by atoms with E-state index in [-0.39, 0.29) is 5.12 Å². The number of thioether (sulfide) groups is 1. The summed E-state index contributed by atoms with van der Waals surface area (Å²) < 4.78 is 0.600. The lowest BCUT2D eigenvalue weighted by molar-refractivity contribution is -0.109. The number of rotatable bonds is 1. The first kappa shape index (κ1) is 8.49. The minimum Gasteiger partial charge on any atom is -0.360 e. The number of carbonyl (C=O) groups excluding carboxylic acids is 1. The van der Waals surface area contributed by atoms with E-state index in [0.29, 0.717) is 4.20 Å².